The van der Waals surface area contributed by atoms with Crippen molar-refractivity contribution in [2.75, 3.05) is 25.6 Å². The predicted molar refractivity (Wildman–Crippen MR) is 88.0 cm³/mol. The van der Waals surface area contributed by atoms with Crippen LogP contribution in [0.4, 0.5) is 5.82 Å². The van der Waals surface area contributed by atoms with Gasteiger partial charge in [-0.1, -0.05) is 12.1 Å². The number of rotatable bonds is 5. The van der Waals surface area contributed by atoms with Crippen molar-refractivity contribution in [2.24, 2.45) is 5.92 Å². The zero-order chi connectivity index (χ0) is 17.7. The molecule has 0 bridgehead atoms. The lowest BCUT2D eigenvalue weighted by Gasteiger charge is -2.23. The molecular weight excluding hydrogens is 306 g/mol. The van der Waals surface area contributed by atoms with Gasteiger partial charge in [0.25, 0.3) is 0 Å². The second kappa shape index (κ2) is 7.38. The summed E-state index contributed by atoms with van der Waals surface area (Å²) in [6.45, 7) is 2.18. The van der Waals surface area contributed by atoms with Gasteiger partial charge in [0.2, 0.25) is 0 Å². The summed E-state index contributed by atoms with van der Waals surface area (Å²) in [5, 5.41) is 18.4. The molecule has 0 saturated heterocycles. The molecule has 7 heteroatoms. The fourth-order valence-corrected chi connectivity index (χ4v) is 2.36. The van der Waals surface area contributed by atoms with Crippen molar-refractivity contribution in [3.63, 3.8) is 0 Å². The van der Waals surface area contributed by atoms with Crippen molar-refractivity contribution in [3.05, 3.63) is 30.0 Å². The molecule has 7 nitrogen and oxygen atoms in total. The SMILES string of the molecule is COC(=O)[C@H](C#N)c1nc2ccccc2nc1N(C)C[C@@H](C)C#N. The Bertz CT molecular complexity index is 837. The molecule has 0 fully saturated rings. The maximum atomic E-state index is 11.9. The Morgan fingerprint density at radius 2 is 1.88 bits per heavy atom. The van der Waals surface area contributed by atoms with Gasteiger partial charge in [-0.05, 0) is 19.1 Å². The van der Waals surface area contributed by atoms with Gasteiger partial charge < -0.3 is 9.64 Å². The summed E-state index contributed by atoms with van der Waals surface area (Å²) in [4.78, 5) is 22.7. The lowest BCUT2D eigenvalue weighted by Crippen LogP contribution is -2.27. The monoisotopic (exact) mass is 323 g/mol. The number of aromatic nitrogens is 2. The van der Waals surface area contributed by atoms with Crippen molar-refractivity contribution >= 4 is 22.8 Å². The molecule has 2 rings (SSSR count). The van der Waals surface area contributed by atoms with Gasteiger partial charge in [0.1, 0.15) is 5.69 Å². The fraction of sp³-hybridized carbons (Fsp3) is 0.353. The molecule has 0 spiro atoms. The Morgan fingerprint density at radius 3 is 2.42 bits per heavy atom. The van der Waals surface area contributed by atoms with Crippen molar-refractivity contribution in [1.82, 2.24) is 9.97 Å². The molecule has 1 aromatic heterocycles. The number of nitrogens with zero attached hydrogens (tertiary/aromatic N) is 5. The largest absolute Gasteiger partial charge is 0.468 e. The molecule has 0 aliphatic carbocycles. The minimum Gasteiger partial charge on any atom is -0.468 e. The van der Waals surface area contributed by atoms with Crippen LogP contribution in [0.3, 0.4) is 0 Å². The molecule has 0 amide bonds. The van der Waals surface area contributed by atoms with Gasteiger partial charge in [0.05, 0.1) is 36.2 Å². The number of hydrogen-bond acceptors (Lipinski definition) is 7. The first-order chi connectivity index (χ1) is 11.5. The molecule has 1 heterocycles. The lowest BCUT2D eigenvalue weighted by atomic mass is 10.1. The summed E-state index contributed by atoms with van der Waals surface area (Å²) in [5.41, 5.74) is 1.46. The smallest absolute Gasteiger partial charge is 0.329 e. The van der Waals surface area contributed by atoms with E-state index in [1.54, 1.807) is 31.0 Å². The van der Waals surface area contributed by atoms with Crippen molar-refractivity contribution in [2.45, 2.75) is 12.8 Å². The third-order valence-corrected chi connectivity index (χ3v) is 3.55. The first-order valence-corrected chi connectivity index (χ1v) is 7.36. The molecule has 0 saturated carbocycles. The van der Waals surface area contributed by atoms with E-state index in [4.69, 9.17) is 10.00 Å². The van der Waals surface area contributed by atoms with E-state index in [2.05, 4.69) is 16.0 Å². The van der Waals surface area contributed by atoms with Crippen LogP contribution < -0.4 is 4.90 Å². The standard InChI is InChI=1S/C17H17N5O2/c1-11(8-18)10-22(2)16-15(12(9-19)17(23)24-3)20-13-6-4-5-7-14(13)21-16/h4-7,11-12H,10H2,1-3H3/t11-,12+/m0/s1. The molecule has 1 aromatic carbocycles. The van der Waals surface area contributed by atoms with E-state index < -0.39 is 11.9 Å². The summed E-state index contributed by atoms with van der Waals surface area (Å²) >= 11 is 0. The highest BCUT2D eigenvalue weighted by atomic mass is 16.5. The minimum atomic E-state index is -1.18. The van der Waals surface area contributed by atoms with Gasteiger partial charge in [0.15, 0.2) is 11.7 Å². The van der Waals surface area contributed by atoms with Crippen molar-refractivity contribution in [3.8, 4) is 12.1 Å². The minimum absolute atomic E-state index is 0.232. The highest BCUT2D eigenvalue weighted by Crippen LogP contribution is 2.27. The van der Waals surface area contributed by atoms with Gasteiger partial charge in [-0.3, -0.25) is 4.79 Å². The van der Waals surface area contributed by atoms with Crippen LogP contribution in [0.1, 0.15) is 18.5 Å². The van der Waals surface area contributed by atoms with E-state index in [9.17, 15) is 10.1 Å². The third kappa shape index (κ3) is 3.41. The predicted octanol–water partition coefficient (Wildman–Crippen LogP) is 2.01. The Balaban J connectivity index is 2.61. The van der Waals surface area contributed by atoms with E-state index in [0.717, 1.165) is 0 Å². The van der Waals surface area contributed by atoms with E-state index in [1.165, 1.54) is 7.11 Å². The quantitative estimate of drug-likeness (QED) is 0.775. The molecule has 0 aliphatic heterocycles. The van der Waals surface area contributed by atoms with E-state index in [1.807, 2.05) is 18.2 Å². The Kier molecular flexibility index (Phi) is 5.28. The lowest BCUT2D eigenvalue weighted by molar-refractivity contribution is -0.141. The number of esters is 1. The van der Waals surface area contributed by atoms with Crippen molar-refractivity contribution < 1.29 is 9.53 Å². The number of para-hydroxylation sites is 2. The zero-order valence-electron chi connectivity index (χ0n) is 13.7. The molecule has 122 valence electrons. The zero-order valence-corrected chi connectivity index (χ0v) is 13.7. The van der Waals surface area contributed by atoms with Gasteiger partial charge in [-0.2, -0.15) is 10.5 Å². The normalized spacial score (nSPS) is 12.7. The molecule has 0 radical (unpaired) electrons. The van der Waals surface area contributed by atoms with Gasteiger partial charge in [-0.25, -0.2) is 9.97 Å². The third-order valence-electron chi connectivity index (χ3n) is 3.55. The number of ether oxygens (including phenoxy) is 1. The van der Waals surface area contributed by atoms with Crippen molar-refractivity contribution in [1.29, 1.82) is 10.5 Å². The van der Waals surface area contributed by atoms with Gasteiger partial charge >= 0.3 is 5.97 Å². The van der Waals surface area contributed by atoms with E-state index in [-0.39, 0.29) is 11.6 Å². The number of carbonyl (C=O) groups excluding carboxylic acids is 1. The van der Waals surface area contributed by atoms with Crippen LogP contribution in [-0.4, -0.2) is 36.6 Å². The number of benzene rings is 1. The number of hydrogen-bond donors (Lipinski definition) is 0. The highest BCUT2D eigenvalue weighted by Gasteiger charge is 2.29. The number of fused-ring (bicyclic) bond motifs is 1. The molecule has 24 heavy (non-hydrogen) atoms. The van der Waals surface area contributed by atoms with Crippen LogP contribution in [-0.2, 0) is 9.53 Å². The van der Waals surface area contributed by atoms with Crippen LogP contribution in [0.25, 0.3) is 11.0 Å². The molecular formula is C17H17N5O2. The average Bonchev–Trinajstić information content (AvgIpc) is 2.61. The maximum Gasteiger partial charge on any atom is 0.329 e. The average molecular weight is 323 g/mol. The summed E-state index contributed by atoms with van der Waals surface area (Å²) in [5.74, 6) is -1.71. The molecule has 0 aliphatic rings. The number of nitriles is 2. The Morgan fingerprint density at radius 1 is 1.25 bits per heavy atom. The van der Waals surface area contributed by atoms with Crippen LogP contribution in [0, 0.1) is 28.6 Å². The van der Waals surface area contributed by atoms with E-state index >= 15 is 0 Å². The second-order valence-electron chi connectivity index (χ2n) is 5.42. The van der Waals surface area contributed by atoms with Crippen LogP contribution in [0.2, 0.25) is 0 Å². The van der Waals surface area contributed by atoms with Crippen LogP contribution >= 0.6 is 0 Å². The molecule has 2 aromatic rings. The molecule has 2 atom stereocenters. The van der Waals surface area contributed by atoms with E-state index in [0.29, 0.717) is 23.4 Å². The number of methoxy groups -OCH3 is 1. The second-order valence-corrected chi connectivity index (χ2v) is 5.42. The van der Waals surface area contributed by atoms with Gasteiger partial charge in [-0.15, -0.1) is 0 Å². The summed E-state index contributed by atoms with van der Waals surface area (Å²) in [6, 6.07) is 11.3. The Labute approximate surface area is 140 Å². The molecule has 0 unspecified atom stereocenters. The Hall–Kier alpha value is -3.19. The first-order valence-electron chi connectivity index (χ1n) is 7.36. The highest BCUT2D eigenvalue weighted by molar-refractivity contribution is 5.85. The topological polar surface area (TPSA) is 103 Å². The van der Waals surface area contributed by atoms with Crippen LogP contribution in [0.5, 0.6) is 0 Å². The summed E-state index contributed by atoms with van der Waals surface area (Å²) in [6.07, 6.45) is 0. The van der Waals surface area contributed by atoms with Crippen LogP contribution in [0.15, 0.2) is 24.3 Å². The number of carbonyl (C=O) groups is 1. The summed E-state index contributed by atoms with van der Waals surface area (Å²) < 4.78 is 4.71. The maximum absolute atomic E-state index is 11.9. The molecule has 0 N–H and O–H groups in total. The fourth-order valence-electron chi connectivity index (χ4n) is 2.36. The van der Waals surface area contributed by atoms with Gasteiger partial charge in [0, 0.05) is 13.6 Å². The summed E-state index contributed by atoms with van der Waals surface area (Å²) in [7, 11) is 2.98. The first kappa shape index (κ1) is 17.2. The number of anilines is 1.